The molecule has 19 heavy (non-hydrogen) atoms. The van der Waals surface area contributed by atoms with Crippen LogP contribution in [0.15, 0.2) is 0 Å². The van der Waals surface area contributed by atoms with E-state index in [1.807, 2.05) is 20.8 Å². The highest BCUT2D eigenvalue weighted by molar-refractivity contribution is 5.73. The van der Waals surface area contributed by atoms with E-state index in [0.717, 1.165) is 0 Å². The van der Waals surface area contributed by atoms with E-state index in [4.69, 9.17) is 14.6 Å². The molecule has 108 valence electrons. The molecule has 0 aromatic rings. The third-order valence-corrected chi connectivity index (χ3v) is 3.45. The van der Waals surface area contributed by atoms with Gasteiger partial charge in [-0.15, -0.1) is 0 Å². The van der Waals surface area contributed by atoms with Crippen molar-refractivity contribution in [1.29, 1.82) is 0 Å². The predicted molar refractivity (Wildman–Crippen MR) is 66.8 cm³/mol. The Bertz CT molecular complexity index is 376. The molecule has 0 aliphatic carbocycles. The van der Waals surface area contributed by atoms with E-state index in [1.54, 1.807) is 4.90 Å². The number of nitrogens with zero attached hydrogens (tertiary/aromatic N) is 1. The number of carboxylic acid groups (broad SMARTS) is 1. The first-order chi connectivity index (χ1) is 8.76. The Labute approximate surface area is 112 Å². The molecule has 0 aromatic heterocycles. The lowest BCUT2D eigenvalue weighted by Gasteiger charge is -2.35. The van der Waals surface area contributed by atoms with Crippen LogP contribution in [0.3, 0.4) is 0 Å². The highest BCUT2D eigenvalue weighted by Crippen LogP contribution is 2.33. The fraction of sp³-hybridized carbons (Fsp3) is 0.846. The molecule has 2 rings (SSSR count). The fourth-order valence-corrected chi connectivity index (χ4v) is 2.61. The average molecular weight is 271 g/mol. The van der Waals surface area contributed by atoms with Crippen LogP contribution in [0.4, 0.5) is 4.79 Å². The van der Waals surface area contributed by atoms with E-state index >= 15 is 0 Å². The summed E-state index contributed by atoms with van der Waals surface area (Å²) in [6.45, 7) is 6.57. The minimum absolute atomic E-state index is 0.0419. The maximum absolute atomic E-state index is 12.0. The van der Waals surface area contributed by atoms with Crippen LogP contribution in [0, 0.1) is 5.92 Å². The summed E-state index contributed by atoms with van der Waals surface area (Å²) in [5.74, 6) is -0.819. The van der Waals surface area contributed by atoms with Crippen LogP contribution in [0.5, 0.6) is 0 Å². The van der Waals surface area contributed by atoms with Crippen molar-refractivity contribution in [3.63, 3.8) is 0 Å². The zero-order valence-electron chi connectivity index (χ0n) is 11.6. The molecule has 1 amide bonds. The van der Waals surface area contributed by atoms with Gasteiger partial charge >= 0.3 is 12.1 Å². The molecule has 0 spiro atoms. The molecule has 1 N–H and O–H groups in total. The molecule has 0 radical (unpaired) electrons. The largest absolute Gasteiger partial charge is 0.479 e. The molecule has 2 aliphatic rings. The maximum atomic E-state index is 12.0. The molecular formula is C13H21NO5. The standard InChI is InChI=1S/C13H21NO5/c1-13(2,3)19-12(17)14-5-4-9-8(7-14)6-10(18-9)11(15)16/h8-10H,4-7H2,1-3H3,(H,15,16)/t8-,9+,10+/m0/s1. The number of ether oxygens (including phenoxy) is 2. The van der Waals surface area contributed by atoms with Gasteiger partial charge in [0.05, 0.1) is 6.10 Å². The Morgan fingerprint density at radius 3 is 2.63 bits per heavy atom. The van der Waals surface area contributed by atoms with Crippen molar-refractivity contribution < 1.29 is 24.2 Å². The van der Waals surface area contributed by atoms with Gasteiger partial charge in [0, 0.05) is 19.0 Å². The lowest BCUT2D eigenvalue weighted by molar-refractivity contribution is -0.149. The molecule has 3 atom stereocenters. The summed E-state index contributed by atoms with van der Waals surface area (Å²) in [5.41, 5.74) is -0.510. The first-order valence-corrected chi connectivity index (χ1v) is 6.62. The monoisotopic (exact) mass is 271 g/mol. The summed E-state index contributed by atoms with van der Waals surface area (Å²) in [6, 6.07) is 0. The van der Waals surface area contributed by atoms with Gasteiger partial charge in [-0.25, -0.2) is 9.59 Å². The summed E-state index contributed by atoms with van der Waals surface area (Å²) in [4.78, 5) is 24.5. The quantitative estimate of drug-likeness (QED) is 0.782. The van der Waals surface area contributed by atoms with Crippen molar-refractivity contribution in [3.8, 4) is 0 Å². The van der Waals surface area contributed by atoms with Gasteiger partial charge in [-0.2, -0.15) is 0 Å². The van der Waals surface area contributed by atoms with Gasteiger partial charge in [0.2, 0.25) is 0 Å². The minimum atomic E-state index is -0.918. The van der Waals surface area contributed by atoms with E-state index in [1.165, 1.54) is 0 Å². The number of carbonyl (C=O) groups excluding carboxylic acids is 1. The fourth-order valence-electron chi connectivity index (χ4n) is 2.61. The summed E-state index contributed by atoms with van der Waals surface area (Å²) in [6.07, 6.45) is 0.0468. The molecule has 0 saturated carbocycles. The number of aliphatic carboxylic acids is 1. The number of carboxylic acids is 1. The van der Waals surface area contributed by atoms with Crippen molar-refractivity contribution in [1.82, 2.24) is 4.90 Å². The van der Waals surface area contributed by atoms with E-state index in [0.29, 0.717) is 25.9 Å². The van der Waals surface area contributed by atoms with Crippen molar-refractivity contribution >= 4 is 12.1 Å². The molecule has 0 aromatic carbocycles. The third kappa shape index (κ3) is 3.37. The number of likely N-dealkylation sites (tertiary alicyclic amines) is 1. The zero-order valence-corrected chi connectivity index (χ0v) is 11.6. The molecule has 2 fully saturated rings. The average Bonchev–Trinajstić information content (AvgIpc) is 2.69. The number of piperidine rings is 1. The molecule has 2 saturated heterocycles. The van der Waals surface area contributed by atoms with E-state index in [9.17, 15) is 9.59 Å². The van der Waals surface area contributed by atoms with Crippen molar-refractivity contribution in [3.05, 3.63) is 0 Å². The number of carbonyl (C=O) groups is 2. The predicted octanol–water partition coefficient (Wildman–Crippen LogP) is 1.49. The Morgan fingerprint density at radius 1 is 1.37 bits per heavy atom. The highest BCUT2D eigenvalue weighted by atomic mass is 16.6. The van der Waals surface area contributed by atoms with Gasteiger partial charge in [-0.3, -0.25) is 0 Å². The first-order valence-electron chi connectivity index (χ1n) is 6.62. The minimum Gasteiger partial charge on any atom is -0.479 e. The van der Waals surface area contributed by atoms with Crippen LogP contribution >= 0.6 is 0 Å². The topological polar surface area (TPSA) is 76.1 Å². The van der Waals surface area contributed by atoms with E-state index < -0.39 is 17.7 Å². The number of hydrogen-bond donors (Lipinski definition) is 1. The van der Waals surface area contributed by atoms with Crippen LogP contribution in [0.1, 0.15) is 33.6 Å². The van der Waals surface area contributed by atoms with Gasteiger partial charge in [-0.05, 0) is 33.6 Å². The van der Waals surface area contributed by atoms with E-state index in [2.05, 4.69) is 0 Å². The van der Waals surface area contributed by atoms with Gasteiger partial charge in [-0.1, -0.05) is 0 Å². The second-order valence-electron chi connectivity index (χ2n) is 6.21. The molecule has 6 nitrogen and oxygen atoms in total. The molecule has 6 heteroatoms. The second-order valence-corrected chi connectivity index (χ2v) is 6.21. The second kappa shape index (κ2) is 5.00. The molecule has 0 unspecified atom stereocenters. The Morgan fingerprint density at radius 2 is 2.05 bits per heavy atom. The number of amides is 1. The summed E-state index contributed by atoms with van der Waals surface area (Å²) >= 11 is 0. The number of fused-ring (bicyclic) bond motifs is 1. The molecule has 0 bridgehead atoms. The van der Waals surface area contributed by atoms with Crippen LogP contribution in [-0.2, 0) is 14.3 Å². The van der Waals surface area contributed by atoms with Gasteiger partial charge in [0.15, 0.2) is 6.10 Å². The smallest absolute Gasteiger partial charge is 0.410 e. The third-order valence-electron chi connectivity index (χ3n) is 3.45. The number of rotatable bonds is 1. The zero-order chi connectivity index (χ0) is 14.2. The van der Waals surface area contributed by atoms with Crippen molar-refractivity contribution in [2.45, 2.75) is 51.4 Å². The molecule has 2 aliphatic heterocycles. The Balaban J connectivity index is 1.92. The summed E-state index contributed by atoms with van der Waals surface area (Å²) in [7, 11) is 0. The van der Waals surface area contributed by atoms with Gasteiger partial charge in [0.1, 0.15) is 5.60 Å². The molecular weight excluding hydrogens is 250 g/mol. The number of hydrogen-bond acceptors (Lipinski definition) is 4. The van der Waals surface area contributed by atoms with Crippen LogP contribution in [-0.4, -0.2) is 53.0 Å². The SMILES string of the molecule is CC(C)(C)OC(=O)N1CC[C@H]2O[C@@H](C(=O)O)C[C@H]2C1. The summed E-state index contributed by atoms with van der Waals surface area (Å²) in [5, 5.41) is 8.96. The first kappa shape index (κ1) is 14.1. The lowest BCUT2D eigenvalue weighted by atomic mass is 9.93. The van der Waals surface area contributed by atoms with Gasteiger partial charge in [0.25, 0.3) is 0 Å². The Kier molecular flexibility index (Phi) is 3.71. The van der Waals surface area contributed by atoms with Crippen LogP contribution in [0.25, 0.3) is 0 Å². The van der Waals surface area contributed by atoms with Crippen LogP contribution in [0.2, 0.25) is 0 Å². The van der Waals surface area contributed by atoms with E-state index in [-0.39, 0.29) is 18.1 Å². The van der Waals surface area contributed by atoms with Crippen molar-refractivity contribution in [2.75, 3.05) is 13.1 Å². The highest BCUT2D eigenvalue weighted by Gasteiger charge is 2.43. The summed E-state index contributed by atoms with van der Waals surface area (Å²) < 4.78 is 10.8. The Hall–Kier alpha value is -1.30. The normalized spacial score (nSPS) is 30.9. The lowest BCUT2D eigenvalue weighted by Crippen LogP contribution is -2.46. The molecule has 2 heterocycles. The van der Waals surface area contributed by atoms with Crippen molar-refractivity contribution in [2.24, 2.45) is 5.92 Å². The maximum Gasteiger partial charge on any atom is 0.410 e. The van der Waals surface area contributed by atoms with Gasteiger partial charge < -0.3 is 19.5 Å². The van der Waals surface area contributed by atoms with Crippen LogP contribution < -0.4 is 0 Å².